The Morgan fingerprint density at radius 2 is 2.00 bits per heavy atom. The van der Waals surface area contributed by atoms with Crippen molar-refractivity contribution in [1.82, 2.24) is 20.1 Å². The van der Waals surface area contributed by atoms with Crippen LogP contribution in [0.2, 0.25) is 0 Å². The van der Waals surface area contributed by atoms with Crippen molar-refractivity contribution in [1.29, 1.82) is 0 Å². The molecule has 0 bridgehead atoms. The van der Waals surface area contributed by atoms with Crippen LogP contribution in [0.5, 0.6) is 0 Å². The van der Waals surface area contributed by atoms with Crippen molar-refractivity contribution < 1.29 is 0 Å². The van der Waals surface area contributed by atoms with Crippen LogP contribution in [0, 0.1) is 13.8 Å². The first-order valence-corrected chi connectivity index (χ1v) is 7.33. The quantitative estimate of drug-likeness (QED) is 0.879. The molecule has 4 nitrogen and oxygen atoms in total. The lowest BCUT2D eigenvalue weighted by Gasteiger charge is -2.18. The molecule has 0 aliphatic rings. The van der Waals surface area contributed by atoms with E-state index in [1.807, 2.05) is 20.0 Å². The molecule has 0 amide bonds. The van der Waals surface area contributed by atoms with Crippen molar-refractivity contribution in [2.45, 2.75) is 46.7 Å². The Balaban J connectivity index is 2.22. The predicted octanol–water partition coefficient (Wildman–Crippen LogP) is 2.81. The fraction of sp³-hybridized carbons (Fsp3) is 0.500. The van der Waals surface area contributed by atoms with Gasteiger partial charge in [0.15, 0.2) is 0 Å². The van der Waals surface area contributed by atoms with Gasteiger partial charge in [-0.15, -0.1) is 0 Å². The van der Waals surface area contributed by atoms with Gasteiger partial charge in [0, 0.05) is 36.6 Å². The molecule has 0 saturated carbocycles. The van der Waals surface area contributed by atoms with Gasteiger partial charge in [-0.25, -0.2) is 0 Å². The maximum Gasteiger partial charge on any atom is 0.0596 e. The monoisotopic (exact) mass is 272 g/mol. The van der Waals surface area contributed by atoms with E-state index in [1.165, 1.54) is 11.3 Å². The third-order valence-electron chi connectivity index (χ3n) is 3.49. The van der Waals surface area contributed by atoms with Gasteiger partial charge in [-0.2, -0.15) is 5.10 Å². The third kappa shape index (κ3) is 3.45. The third-order valence-corrected chi connectivity index (χ3v) is 3.49. The molecule has 0 aliphatic heterocycles. The van der Waals surface area contributed by atoms with Crippen molar-refractivity contribution in [2.75, 3.05) is 6.54 Å². The summed E-state index contributed by atoms with van der Waals surface area (Å²) < 4.78 is 2.08. The summed E-state index contributed by atoms with van der Waals surface area (Å²) >= 11 is 0. The average molecular weight is 272 g/mol. The summed E-state index contributed by atoms with van der Waals surface area (Å²) in [5, 5.41) is 8.07. The molecule has 0 spiro atoms. The van der Waals surface area contributed by atoms with Gasteiger partial charge in [0.1, 0.15) is 0 Å². The molecular formula is C16H24N4. The lowest BCUT2D eigenvalue weighted by Crippen LogP contribution is -2.24. The van der Waals surface area contributed by atoms with Gasteiger partial charge < -0.3 is 5.32 Å². The van der Waals surface area contributed by atoms with Crippen LogP contribution in [0.15, 0.2) is 24.4 Å². The molecule has 0 aliphatic carbocycles. The lowest BCUT2D eigenvalue weighted by molar-refractivity contribution is 0.515. The molecule has 2 rings (SSSR count). The Kier molecular flexibility index (Phi) is 4.90. The van der Waals surface area contributed by atoms with Crippen LogP contribution < -0.4 is 5.32 Å². The number of rotatable bonds is 6. The van der Waals surface area contributed by atoms with Gasteiger partial charge >= 0.3 is 0 Å². The topological polar surface area (TPSA) is 42.7 Å². The average Bonchev–Trinajstić information content (AvgIpc) is 2.79. The summed E-state index contributed by atoms with van der Waals surface area (Å²) in [6, 6.07) is 6.70. The van der Waals surface area contributed by atoms with E-state index < -0.39 is 0 Å². The zero-order chi connectivity index (χ0) is 14.5. The second-order valence-corrected chi connectivity index (χ2v) is 5.14. The fourth-order valence-corrected chi connectivity index (χ4v) is 2.49. The lowest BCUT2D eigenvalue weighted by atomic mass is 10.0. The zero-order valence-electron chi connectivity index (χ0n) is 12.8. The van der Waals surface area contributed by atoms with Crippen LogP contribution in [0.4, 0.5) is 0 Å². The van der Waals surface area contributed by atoms with E-state index in [0.29, 0.717) is 0 Å². The minimum atomic E-state index is 0.287. The Bertz CT molecular complexity index is 542. The molecule has 2 heterocycles. The van der Waals surface area contributed by atoms with Gasteiger partial charge in [0.05, 0.1) is 5.69 Å². The summed E-state index contributed by atoms with van der Waals surface area (Å²) in [5.41, 5.74) is 4.65. The fourth-order valence-electron chi connectivity index (χ4n) is 2.49. The number of pyridine rings is 1. The highest BCUT2D eigenvalue weighted by Gasteiger charge is 2.14. The summed E-state index contributed by atoms with van der Waals surface area (Å²) in [6.07, 6.45) is 2.91. The minimum absolute atomic E-state index is 0.287. The molecule has 0 saturated heterocycles. The summed E-state index contributed by atoms with van der Waals surface area (Å²) in [5.74, 6) is 0. The number of nitrogens with one attached hydrogen (secondary N) is 1. The van der Waals surface area contributed by atoms with E-state index in [-0.39, 0.29) is 6.04 Å². The normalized spacial score (nSPS) is 12.6. The van der Waals surface area contributed by atoms with E-state index in [4.69, 9.17) is 0 Å². The Labute approximate surface area is 121 Å². The molecule has 0 aromatic carbocycles. The molecule has 0 fully saturated rings. The molecule has 108 valence electrons. The number of aromatic nitrogens is 3. The van der Waals surface area contributed by atoms with Gasteiger partial charge in [0.2, 0.25) is 0 Å². The van der Waals surface area contributed by atoms with E-state index >= 15 is 0 Å². The number of aryl methyl sites for hydroxylation is 3. The molecule has 4 heteroatoms. The molecule has 1 N–H and O–H groups in total. The Morgan fingerprint density at radius 3 is 2.60 bits per heavy atom. The molecule has 2 aromatic rings. The van der Waals surface area contributed by atoms with Gasteiger partial charge in [-0.05, 0) is 45.0 Å². The summed E-state index contributed by atoms with van der Waals surface area (Å²) in [4.78, 5) is 4.41. The van der Waals surface area contributed by atoms with Crippen molar-refractivity contribution >= 4 is 0 Å². The maximum atomic E-state index is 4.52. The second-order valence-electron chi connectivity index (χ2n) is 5.14. The molecular weight excluding hydrogens is 248 g/mol. The standard InChI is InChI=1S/C16H24N4/c1-5-17-16(14-8-7-12(3)18-11-14)10-15-9-13(4)19-20(15)6-2/h7-9,11,16-17H,5-6,10H2,1-4H3. The van der Waals surface area contributed by atoms with Crippen molar-refractivity contribution in [3.8, 4) is 0 Å². The smallest absolute Gasteiger partial charge is 0.0596 e. The predicted molar refractivity (Wildman–Crippen MR) is 81.7 cm³/mol. The SMILES string of the molecule is CCNC(Cc1cc(C)nn1CC)c1ccc(C)nc1. The van der Waals surface area contributed by atoms with Crippen LogP contribution in [-0.2, 0) is 13.0 Å². The first kappa shape index (κ1) is 14.7. The molecule has 1 unspecified atom stereocenters. The zero-order valence-corrected chi connectivity index (χ0v) is 12.8. The van der Waals surface area contributed by atoms with E-state index in [9.17, 15) is 0 Å². The number of hydrogen-bond donors (Lipinski definition) is 1. The Morgan fingerprint density at radius 1 is 1.20 bits per heavy atom. The van der Waals surface area contributed by atoms with Crippen LogP contribution in [0.25, 0.3) is 0 Å². The van der Waals surface area contributed by atoms with E-state index in [2.05, 4.69) is 52.1 Å². The molecule has 20 heavy (non-hydrogen) atoms. The first-order valence-electron chi connectivity index (χ1n) is 7.33. The number of hydrogen-bond acceptors (Lipinski definition) is 3. The van der Waals surface area contributed by atoms with Crippen LogP contribution in [0.3, 0.4) is 0 Å². The van der Waals surface area contributed by atoms with Gasteiger partial charge in [0.25, 0.3) is 0 Å². The second kappa shape index (κ2) is 6.66. The van der Waals surface area contributed by atoms with Crippen LogP contribution >= 0.6 is 0 Å². The maximum absolute atomic E-state index is 4.52. The van der Waals surface area contributed by atoms with Gasteiger partial charge in [-0.3, -0.25) is 9.67 Å². The molecule has 0 radical (unpaired) electrons. The molecule has 1 atom stereocenters. The van der Waals surface area contributed by atoms with Crippen LogP contribution in [-0.4, -0.2) is 21.3 Å². The Hall–Kier alpha value is -1.68. The minimum Gasteiger partial charge on any atom is -0.310 e. The van der Waals surface area contributed by atoms with Crippen LogP contribution in [0.1, 0.15) is 42.5 Å². The van der Waals surface area contributed by atoms with E-state index in [1.54, 1.807) is 0 Å². The van der Waals surface area contributed by atoms with Crippen molar-refractivity contribution in [2.24, 2.45) is 0 Å². The first-order chi connectivity index (χ1) is 9.63. The van der Waals surface area contributed by atoms with Crippen molar-refractivity contribution in [3.63, 3.8) is 0 Å². The van der Waals surface area contributed by atoms with Gasteiger partial charge in [-0.1, -0.05) is 13.0 Å². The number of likely N-dealkylation sites (N-methyl/N-ethyl adjacent to an activating group) is 1. The molecule has 2 aromatic heterocycles. The largest absolute Gasteiger partial charge is 0.310 e. The summed E-state index contributed by atoms with van der Waals surface area (Å²) in [6.45, 7) is 10.2. The highest BCUT2D eigenvalue weighted by atomic mass is 15.3. The highest BCUT2D eigenvalue weighted by molar-refractivity contribution is 5.20. The number of nitrogens with zero attached hydrogens (tertiary/aromatic N) is 3. The van der Waals surface area contributed by atoms with Crippen molar-refractivity contribution in [3.05, 3.63) is 47.0 Å². The summed E-state index contributed by atoms with van der Waals surface area (Å²) in [7, 11) is 0. The van der Waals surface area contributed by atoms with E-state index in [0.717, 1.165) is 30.9 Å². The highest BCUT2D eigenvalue weighted by Crippen LogP contribution is 2.19.